The Labute approximate surface area is 115 Å². The number of benzene rings is 1. The van der Waals surface area contributed by atoms with Crippen molar-refractivity contribution < 1.29 is 0 Å². The molecule has 0 aliphatic carbocycles. The zero-order valence-electron chi connectivity index (χ0n) is 11.5. The summed E-state index contributed by atoms with van der Waals surface area (Å²) >= 11 is 0. The third kappa shape index (κ3) is 3.87. The highest BCUT2D eigenvalue weighted by atomic mass is 15.1. The molecule has 1 aromatic carbocycles. The lowest BCUT2D eigenvalue weighted by Crippen LogP contribution is -2.29. The molecule has 0 amide bonds. The molecule has 1 atom stereocenters. The number of nitrogens with two attached hydrogens (primary N) is 1. The molecule has 4 heteroatoms. The highest BCUT2D eigenvalue weighted by Crippen LogP contribution is 2.20. The van der Waals surface area contributed by atoms with Gasteiger partial charge in [-0.1, -0.05) is 6.92 Å². The number of nitrogens with zero attached hydrogens (tertiary/aromatic N) is 2. The molecule has 1 saturated heterocycles. The maximum Gasteiger partial charge on any atom is 0.0992 e. The van der Waals surface area contributed by atoms with Crippen molar-refractivity contribution in [1.82, 2.24) is 4.90 Å². The van der Waals surface area contributed by atoms with Crippen LogP contribution < -0.4 is 11.1 Å². The first-order chi connectivity index (χ1) is 9.19. The molecule has 1 unspecified atom stereocenters. The molecule has 0 aromatic heterocycles. The molecule has 4 nitrogen and oxygen atoms in total. The second-order valence-electron chi connectivity index (χ2n) is 5.41. The Bertz CT molecular complexity index is 458. The van der Waals surface area contributed by atoms with Crippen LogP contribution in [0.3, 0.4) is 0 Å². The van der Waals surface area contributed by atoms with E-state index in [1.54, 1.807) is 12.1 Å². The van der Waals surface area contributed by atoms with Gasteiger partial charge in [-0.3, -0.25) is 0 Å². The summed E-state index contributed by atoms with van der Waals surface area (Å²) in [5.74, 6) is 0.591. The van der Waals surface area contributed by atoms with Crippen molar-refractivity contribution in [2.45, 2.75) is 19.8 Å². The molecule has 0 spiro atoms. The van der Waals surface area contributed by atoms with E-state index in [1.165, 1.54) is 25.9 Å². The standard InChI is InChI=1S/C15H22N4/c1-12(11-19-6-2-3-7-19)10-18-15-5-4-13(9-16)8-14(15)17/h4-5,8,12,18H,2-3,6-7,10-11,17H2,1H3. The van der Waals surface area contributed by atoms with E-state index in [9.17, 15) is 0 Å². The van der Waals surface area contributed by atoms with Gasteiger partial charge in [-0.15, -0.1) is 0 Å². The van der Waals surface area contributed by atoms with E-state index < -0.39 is 0 Å². The summed E-state index contributed by atoms with van der Waals surface area (Å²) in [6.07, 6.45) is 2.67. The highest BCUT2D eigenvalue weighted by molar-refractivity contribution is 5.68. The van der Waals surface area contributed by atoms with Gasteiger partial charge < -0.3 is 16.0 Å². The second kappa shape index (κ2) is 6.44. The number of anilines is 2. The molecule has 102 valence electrons. The van der Waals surface area contributed by atoms with Crippen LogP contribution >= 0.6 is 0 Å². The molecule has 1 aliphatic rings. The Morgan fingerprint density at radius 1 is 1.42 bits per heavy atom. The maximum absolute atomic E-state index is 8.80. The van der Waals surface area contributed by atoms with Gasteiger partial charge in [0.05, 0.1) is 23.0 Å². The third-order valence-corrected chi connectivity index (χ3v) is 3.59. The first-order valence-electron chi connectivity index (χ1n) is 6.95. The maximum atomic E-state index is 8.80. The van der Waals surface area contributed by atoms with Crippen molar-refractivity contribution in [2.75, 3.05) is 37.2 Å². The number of nitrogen functional groups attached to an aromatic ring is 1. The van der Waals surface area contributed by atoms with Crippen LogP contribution in [-0.4, -0.2) is 31.1 Å². The molecular weight excluding hydrogens is 236 g/mol. The molecule has 0 radical (unpaired) electrons. The zero-order valence-corrected chi connectivity index (χ0v) is 11.5. The van der Waals surface area contributed by atoms with Crippen molar-refractivity contribution in [3.05, 3.63) is 23.8 Å². The molecule has 1 aliphatic heterocycles. The van der Waals surface area contributed by atoms with Gasteiger partial charge in [0.15, 0.2) is 0 Å². The van der Waals surface area contributed by atoms with Gasteiger partial charge in [0, 0.05) is 13.1 Å². The Hall–Kier alpha value is -1.73. The van der Waals surface area contributed by atoms with Gasteiger partial charge >= 0.3 is 0 Å². The highest BCUT2D eigenvalue weighted by Gasteiger charge is 2.14. The largest absolute Gasteiger partial charge is 0.397 e. The van der Waals surface area contributed by atoms with Crippen LogP contribution in [0.4, 0.5) is 11.4 Å². The minimum absolute atomic E-state index is 0.591. The van der Waals surface area contributed by atoms with Gasteiger partial charge in [0.1, 0.15) is 0 Å². The van der Waals surface area contributed by atoms with E-state index in [-0.39, 0.29) is 0 Å². The van der Waals surface area contributed by atoms with Crippen LogP contribution in [0.2, 0.25) is 0 Å². The summed E-state index contributed by atoms with van der Waals surface area (Å²) in [5.41, 5.74) is 8.10. The van der Waals surface area contributed by atoms with Gasteiger partial charge in [0.2, 0.25) is 0 Å². The first-order valence-corrected chi connectivity index (χ1v) is 6.95. The van der Waals surface area contributed by atoms with Crippen molar-refractivity contribution in [3.8, 4) is 6.07 Å². The molecule has 1 fully saturated rings. The molecule has 19 heavy (non-hydrogen) atoms. The van der Waals surface area contributed by atoms with Gasteiger partial charge in [-0.2, -0.15) is 5.26 Å². The SMILES string of the molecule is CC(CNc1ccc(C#N)cc1N)CN1CCCC1. The van der Waals surface area contributed by atoms with Crippen molar-refractivity contribution in [3.63, 3.8) is 0 Å². The van der Waals surface area contributed by atoms with Crippen LogP contribution in [0.5, 0.6) is 0 Å². The average molecular weight is 258 g/mol. The minimum Gasteiger partial charge on any atom is -0.397 e. The fraction of sp³-hybridized carbons (Fsp3) is 0.533. The summed E-state index contributed by atoms with van der Waals surface area (Å²) in [4.78, 5) is 2.52. The Balaban J connectivity index is 1.82. The van der Waals surface area contributed by atoms with Gasteiger partial charge in [0.25, 0.3) is 0 Å². The summed E-state index contributed by atoms with van der Waals surface area (Å²) < 4.78 is 0. The number of hydrogen-bond acceptors (Lipinski definition) is 4. The van der Waals surface area contributed by atoms with E-state index in [1.807, 2.05) is 6.07 Å². The van der Waals surface area contributed by atoms with E-state index >= 15 is 0 Å². The van der Waals surface area contributed by atoms with E-state index in [2.05, 4.69) is 23.2 Å². The molecule has 1 heterocycles. The molecule has 3 N–H and O–H groups in total. The summed E-state index contributed by atoms with van der Waals surface area (Å²) in [7, 11) is 0. The zero-order chi connectivity index (χ0) is 13.7. The monoisotopic (exact) mass is 258 g/mol. The fourth-order valence-corrected chi connectivity index (χ4v) is 2.55. The molecule has 2 rings (SSSR count). The Kier molecular flexibility index (Phi) is 4.64. The van der Waals surface area contributed by atoms with Crippen molar-refractivity contribution in [1.29, 1.82) is 5.26 Å². The Morgan fingerprint density at radius 3 is 2.79 bits per heavy atom. The number of likely N-dealkylation sites (tertiary alicyclic amines) is 1. The Morgan fingerprint density at radius 2 is 2.16 bits per heavy atom. The minimum atomic E-state index is 0.591. The smallest absolute Gasteiger partial charge is 0.0992 e. The fourth-order valence-electron chi connectivity index (χ4n) is 2.55. The number of nitriles is 1. The van der Waals surface area contributed by atoms with Crippen LogP contribution in [0.15, 0.2) is 18.2 Å². The molecule has 0 saturated carbocycles. The van der Waals surface area contributed by atoms with Crippen molar-refractivity contribution in [2.24, 2.45) is 5.92 Å². The van der Waals surface area contributed by atoms with Crippen LogP contribution in [-0.2, 0) is 0 Å². The quantitative estimate of drug-likeness (QED) is 0.795. The lowest BCUT2D eigenvalue weighted by atomic mass is 10.1. The van der Waals surface area contributed by atoms with Crippen LogP contribution in [0, 0.1) is 17.2 Å². The second-order valence-corrected chi connectivity index (χ2v) is 5.41. The van der Waals surface area contributed by atoms with E-state index in [4.69, 9.17) is 11.0 Å². The van der Waals surface area contributed by atoms with Crippen LogP contribution in [0.25, 0.3) is 0 Å². The van der Waals surface area contributed by atoms with Crippen LogP contribution in [0.1, 0.15) is 25.3 Å². The number of nitrogens with one attached hydrogen (secondary N) is 1. The first kappa shape index (κ1) is 13.7. The van der Waals surface area contributed by atoms with Gasteiger partial charge in [-0.25, -0.2) is 0 Å². The van der Waals surface area contributed by atoms with Crippen molar-refractivity contribution >= 4 is 11.4 Å². The predicted octanol–water partition coefficient (Wildman–Crippen LogP) is 2.28. The summed E-state index contributed by atoms with van der Waals surface area (Å²) in [5, 5.41) is 12.2. The number of rotatable bonds is 5. The molecule has 1 aromatic rings. The molecular formula is C15H22N4. The molecule has 0 bridgehead atoms. The summed E-state index contributed by atoms with van der Waals surface area (Å²) in [6, 6.07) is 7.49. The predicted molar refractivity (Wildman–Crippen MR) is 78.9 cm³/mol. The third-order valence-electron chi connectivity index (χ3n) is 3.59. The van der Waals surface area contributed by atoms with E-state index in [0.717, 1.165) is 18.8 Å². The van der Waals surface area contributed by atoms with E-state index in [0.29, 0.717) is 17.2 Å². The lowest BCUT2D eigenvalue weighted by Gasteiger charge is -2.21. The average Bonchev–Trinajstić information content (AvgIpc) is 2.90. The lowest BCUT2D eigenvalue weighted by molar-refractivity contribution is 0.294. The summed E-state index contributed by atoms with van der Waals surface area (Å²) in [6.45, 7) is 6.79. The topological polar surface area (TPSA) is 65.1 Å². The normalized spacial score (nSPS) is 17.1. The van der Waals surface area contributed by atoms with Gasteiger partial charge in [-0.05, 0) is 50.0 Å². The number of hydrogen-bond donors (Lipinski definition) is 2.